The van der Waals surface area contributed by atoms with Gasteiger partial charge in [-0.25, -0.2) is 8.42 Å². The summed E-state index contributed by atoms with van der Waals surface area (Å²) in [6.07, 6.45) is 7.20. The molecule has 0 saturated carbocycles. The van der Waals surface area contributed by atoms with Gasteiger partial charge in [0.1, 0.15) is 0 Å². The van der Waals surface area contributed by atoms with Crippen LogP contribution < -0.4 is 0 Å². The minimum absolute atomic E-state index is 0.325. The van der Waals surface area contributed by atoms with E-state index in [4.69, 9.17) is 4.98 Å². The molecule has 2 aromatic heterocycles. The number of aryl methyl sites for hydroxylation is 3. The highest BCUT2D eigenvalue weighted by atomic mass is 32.2. The Labute approximate surface area is 142 Å². The second kappa shape index (κ2) is 6.61. The van der Waals surface area contributed by atoms with Crippen molar-refractivity contribution in [3.05, 3.63) is 72.2 Å². The fourth-order valence-electron chi connectivity index (χ4n) is 2.63. The number of pyridine rings is 1. The predicted molar refractivity (Wildman–Crippen MR) is 95.6 cm³/mol. The number of rotatable bonds is 5. The third kappa shape index (κ3) is 3.92. The maximum atomic E-state index is 11.5. The first-order valence-electron chi connectivity index (χ1n) is 7.79. The molecule has 5 heteroatoms. The molecule has 0 atom stereocenters. The van der Waals surface area contributed by atoms with E-state index in [9.17, 15) is 8.42 Å². The van der Waals surface area contributed by atoms with Gasteiger partial charge in [-0.3, -0.25) is 4.98 Å². The van der Waals surface area contributed by atoms with Crippen LogP contribution in [0, 0.1) is 0 Å². The molecule has 0 radical (unpaired) electrons. The van der Waals surface area contributed by atoms with Gasteiger partial charge in [0.15, 0.2) is 9.84 Å². The summed E-state index contributed by atoms with van der Waals surface area (Å²) in [6.45, 7) is 0. The molecule has 4 nitrogen and oxygen atoms in total. The standard InChI is InChI=1S/C19H20N2O2S/c1-21-13-12-15(14-21)6-9-17-4-3-5-19(20-17)16-7-10-18(11-8-16)24(2,22)23/h3-5,7-8,10-14H,6,9H2,1-2H3. The monoisotopic (exact) mass is 340 g/mol. The van der Waals surface area contributed by atoms with Gasteiger partial charge in [-0.15, -0.1) is 0 Å². The van der Waals surface area contributed by atoms with Crippen LogP contribution >= 0.6 is 0 Å². The predicted octanol–water partition coefficient (Wildman–Crippen LogP) is 3.28. The van der Waals surface area contributed by atoms with E-state index in [1.165, 1.54) is 11.8 Å². The van der Waals surface area contributed by atoms with Gasteiger partial charge in [-0.05, 0) is 48.7 Å². The van der Waals surface area contributed by atoms with Gasteiger partial charge in [0.25, 0.3) is 0 Å². The van der Waals surface area contributed by atoms with Crippen molar-refractivity contribution >= 4 is 9.84 Å². The lowest BCUT2D eigenvalue weighted by Gasteiger charge is -2.06. The van der Waals surface area contributed by atoms with Crippen molar-refractivity contribution < 1.29 is 8.42 Å². The number of sulfone groups is 1. The molecule has 124 valence electrons. The van der Waals surface area contributed by atoms with E-state index < -0.39 is 9.84 Å². The summed E-state index contributed by atoms with van der Waals surface area (Å²) in [5.41, 5.74) is 4.11. The molecular formula is C19H20N2O2S. The maximum absolute atomic E-state index is 11.5. The van der Waals surface area contributed by atoms with Gasteiger partial charge >= 0.3 is 0 Å². The molecule has 0 fully saturated rings. The van der Waals surface area contributed by atoms with E-state index in [0.29, 0.717) is 4.90 Å². The molecule has 0 aliphatic rings. The summed E-state index contributed by atoms with van der Waals surface area (Å²) in [5, 5.41) is 0. The van der Waals surface area contributed by atoms with E-state index in [1.807, 2.05) is 36.0 Å². The quantitative estimate of drug-likeness (QED) is 0.716. The second-order valence-corrected chi connectivity index (χ2v) is 8.01. The van der Waals surface area contributed by atoms with Gasteiger partial charge < -0.3 is 4.57 Å². The van der Waals surface area contributed by atoms with Crippen molar-refractivity contribution in [2.24, 2.45) is 7.05 Å². The van der Waals surface area contributed by atoms with Crippen LogP contribution in [0.4, 0.5) is 0 Å². The lowest BCUT2D eigenvalue weighted by Crippen LogP contribution is -1.97. The maximum Gasteiger partial charge on any atom is 0.175 e. The van der Waals surface area contributed by atoms with E-state index in [2.05, 4.69) is 12.3 Å². The zero-order chi connectivity index (χ0) is 17.2. The highest BCUT2D eigenvalue weighted by Crippen LogP contribution is 2.20. The smallest absolute Gasteiger partial charge is 0.175 e. The topological polar surface area (TPSA) is 52.0 Å². The minimum Gasteiger partial charge on any atom is -0.357 e. The van der Waals surface area contributed by atoms with E-state index in [1.54, 1.807) is 24.3 Å². The Morgan fingerprint density at radius 2 is 1.75 bits per heavy atom. The zero-order valence-corrected chi connectivity index (χ0v) is 14.6. The highest BCUT2D eigenvalue weighted by Gasteiger charge is 2.08. The normalized spacial score (nSPS) is 11.6. The first kappa shape index (κ1) is 16.5. The van der Waals surface area contributed by atoms with Crippen LogP contribution in [0.15, 0.2) is 65.8 Å². The van der Waals surface area contributed by atoms with Crippen molar-refractivity contribution in [1.82, 2.24) is 9.55 Å². The first-order chi connectivity index (χ1) is 11.4. The number of nitrogens with zero attached hydrogens (tertiary/aromatic N) is 2. The minimum atomic E-state index is -3.17. The number of hydrogen-bond donors (Lipinski definition) is 0. The molecule has 24 heavy (non-hydrogen) atoms. The summed E-state index contributed by atoms with van der Waals surface area (Å²) in [6, 6.07) is 14.9. The molecule has 0 N–H and O–H groups in total. The van der Waals surface area contributed by atoms with Crippen LogP contribution in [0.5, 0.6) is 0 Å². The summed E-state index contributed by atoms with van der Waals surface area (Å²) < 4.78 is 25.1. The summed E-state index contributed by atoms with van der Waals surface area (Å²) >= 11 is 0. The molecule has 2 heterocycles. The zero-order valence-electron chi connectivity index (χ0n) is 13.8. The Hall–Kier alpha value is -2.40. The van der Waals surface area contributed by atoms with Gasteiger partial charge in [0.2, 0.25) is 0 Å². The van der Waals surface area contributed by atoms with Crippen molar-refractivity contribution in [3.8, 4) is 11.3 Å². The molecule has 1 aromatic carbocycles. The van der Waals surface area contributed by atoms with Crippen LogP contribution in [-0.4, -0.2) is 24.2 Å². The molecule has 0 spiro atoms. The van der Waals surface area contributed by atoms with Crippen molar-refractivity contribution in [1.29, 1.82) is 0 Å². The van der Waals surface area contributed by atoms with Crippen molar-refractivity contribution in [3.63, 3.8) is 0 Å². The Balaban J connectivity index is 1.77. The Bertz CT molecular complexity index is 942. The second-order valence-electron chi connectivity index (χ2n) is 6.00. The van der Waals surface area contributed by atoms with E-state index in [0.717, 1.165) is 29.8 Å². The van der Waals surface area contributed by atoms with Crippen molar-refractivity contribution in [2.45, 2.75) is 17.7 Å². The molecule has 0 saturated heterocycles. The summed E-state index contributed by atoms with van der Waals surface area (Å²) in [5.74, 6) is 0. The van der Waals surface area contributed by atoms with E-state index >= 15 is 0 Å². The fourth-order valence-corrected chi connectivity index (χ4v) is 3.26. The Kier molecular flexibility index (Phi) is 4.53. The first-order valence-corrected chi connectivity index (χ1v) is 9.68. The molecule has 0 unspecified atom stereocenters. The molecule has 3 aromatic rings. The Morgan fingerprint density at radius 3 is 2.38 bits per heavy atom. The average molecular weight is 340 g/mol. The van der Waals surface area contributed by atoms with Crippen LogP contribution in [0.25, 0.3) is 11.3 Å². The third-order valence-corrected chi connectivity index (χ3v) is 5.08. The van der Waals surface area contributed by atoms with Crippen LogP contribution in [0.3, 0.4) is 0 Å². The SMILES string of the molecule is Cn1ccc(CCc2cccc(-c3ccc(S(C)(=O)=O)cc3)n2)c1. The highest BCUT2D eigenvalue weighted by molar-refractivity contribution is 7.90. The largest absolute Gasteiger partial charge is 0.357 e. The Morgan fingerprint density at radius 1 is 1.00 bits per heavy atom. The molecular weight excluding hydrogens is 320 g/mol. The number of benzene rings is 1. The number of aromatic nitrogens is 2. The fraction of sp³-hybridized carbons (Fsp3) is 0.211. The summed E-state index contributed by atoms with van der Waals surface area (Å²) in [4.78, 5) is 5.03. The van der Waals surface area contributed by atoms with Gasteiger partial charge in [-0.1, -0.05) is 18.2 Å². The molecule has 0 amide bonds. The van der Waals surface area contributed by atoms with Crippen LogP contribution in [0.2, 0.25) is 0 Å². The van der Waals surface area contributed by atoms with Gasteiger partial charge in [0.05, 0.1) is 10.6 Å². The van der Waals surface area contributed by atoms with Crippen LogP contribution in [0.1, 0.15) is 11.3 Å². The lowest BCUT2D eigenvalue weighted by atomic mass is 10.1. The number of hydrogen-bond acceptors (Lipinski definition) is 3. The van der Waals surface area contributed by atoms with Gasteiger partial charge in [0, 0.05) is 37.0 Å². The van der Waals surface area contributed by atoms with Gasteiger partial charge in [-0.2, -0.15) is 0 Å². The molecule has 0 bridgehead atoms. The van der Waals surface area contributed by atoms with E-state index in [-0.39, 0.29) is 0 Å². The molecule has 0 aliphatic heterocycles. The molecule has 3 rings (SSSR count). The van der Waals surface area contributed by atoms with Crippen LogP contribution in [-0.2, 0) is 29.7 Å². The molecule has 0 aliphatic carbocycles. The summed E-state index contributed by atoms with van der Waals surface area (Å²) in [7, 11) is -1.15. The third-order valence-electron chi connectivity index (χ3n) is 3.95. The van der Waals surface area contributed by atoms with Crippen molar-refractivity contribution in [2.75, 3.05) is 6.26 Å². The lowest BCUT2D eigenvalue weighted by molar-refractivity contribution is 0.602. The average Bonchev–Trinajstić information content (AvgIpc) is 2.98.